The number of nitrogens with zero attached hydrogens (tertiary/aromatic N) is 2. The van der Waals surface area contributed by atoms with E-state index in [0.717, 1.165) is 12.8 Å². The summed E-state index contributed by atoms with van der Waals surface area (Å²) in [4.78, 5) is 0. The van der Waals surface area contributed by atoms with E-state index in [1.54, 1.807) is 6.92 Å². The van der Waals surface area contributed by atoms with E-state index >= 15 is 0 Å². The highest BCUT2D eigenvalue weighted by Crippen LogP contribution is 2.35. The summed E-state index contributed by atoms with van der Waals surface area (Å²) < 4.78 is 5.28. The molecule has 94 valence electrons. The zero-order valence-electron chi connectivity index (χ0n) is 11.0. The molecule has 0 aliphatic heterocycles. The lowest BCUT2D eigenvalue weighted by atomic mass is 9.85. The number of rotatable bonds is 2. The van der Waals surface area contributed by atoms with E-state index in [0.29, 0.717) is 17.7 Å². The van der Waals surface area contributed by atoms with Crippen LogP contribution in [0.25, 0.3) is 0 Å². The van der Waals surface area contributed by atoms with Gasteiger partial charge in [-0.2, -0.15) is 0 Å². The van der Waals surface area contributed by atoms with Gasteiger partial charge in [0.2, 0.25) is 11.8 Å². The molecule has 4 heteroatoms. The van der Waals surface area contributed by atoms with Crippen molar-refractivity contribution >= 4 is 0 Å². The lowest BCUT2D eigenvalue weighted by molar-refractivity contribution is 0.157. The Kier molecular flexibility index (Phi) is 7.81. The van der Waals surface area contributed by atoms with Crippen molar-refractivity contribution in [3.8, 4) is 0 Å². The molecule has 1 aliphatic rings. The van der Waals surface area contributed by atoms with E-state index in [-0.39, 0.29) is 0 Å². The van der Waals surface area contributed by atoms with Gasteiger partial charge in [0.05, 0.1) is 0 Å². The molecule has 1 N–H and O–H groups in total. The second kappa shape index (κ2) is 8.28. The maximum absolute atomic E-state index is 9.11. The van der Waals surface area contributed by atoms with Crippen LogP contribution in [0.1, 0.15) is 77.7 Å². The van der Waals surface area contributed by atoms with E-state index in [2.05, 4.69) is 10.2 Å². The molecule has 0 bridgehead atoms. The molecule has 0 radical (unpaired) electrons. The predicted molar refractivity (Wildman–Crippen MR) is 64.2 cm³/mol. The van der Waals surface area contributed by atoms with Crippen LogP contribution in [0.4, 0.5) is 0 Å². The topological polar surface area (TPSA) is 59.2 Å². The first kappa shape index (κ1) is 15.1. The maximum atomic E-state index is 9.11. The van der Waals surface area contributed by atoms with Gasteiger partial charge in [-0.3, -0.25) is 0 Å². The van der Waals surface area contributed by atoms with Gasteiger partial charge in [0, 0.05) is 5.92 Å². The fraction of sp³-hybridized carbons (Fsp3) is 0.833. The van der Waals surface area contributed by atoms with Gasteiger partial charge in [-0.1, -0.05) is 34.1 Å². The Morgan fingerprint density at radius 2 is 1.75 bits per heavy atom. The number of hydrogen-bond donors (Lipinski definition) is 1. The van der Waals surface area contributed by atoms with Crippen LogP contribution >= 0.6 is 0 Å². The quantitative estimate of drug-likeness (QED) is 0.842. The second-order valence-corrected chi connectivity index (χ2v) is 3.28. The molecule has 1 heterocycles. The van der Waals surface area contributed by atoms with Crippen LogP contribution in [0.3, 0.4) is 0 Å². The average molecular weight is 228 g/mol. The summed E-state index contributed by atoms with van der Waals surface area (Å²) in [6.07, 6.45) is 2.88. The smallest absolute Gasteiger partial charge is 0.244 e. The summed E-state index contributed by atoms with van der Waals surface area (Å²) in [5.74, 6) is 1.47. The predicted octanol–water partition coefficient (Wildman–Crippen LogP) is 3.44. The monoisotopic (exact) mass is 228 g/mol. The number of hydrogen-bond acceptors (Lipinski definition) is 4. The van der Waals surface area contributed by atoms with Gasteiger partial charge in [0.1, 0.15) is 6.10 Å². The summed E-state index contributed by atoms with van der Waals surface area (Å²) in [5.41, 5.74) is 0. The van der Waals surface area contributed by atoms with Crippen molar-refractivity contribution in [1.82, 2.24) is 10.2 Å². The molecular formula is C12H24N2O2. The molecule has 1 atom stereocenters. The molecule has 0 amide bonds. The first-order valence-corrected chi connectivity index (χ1v) is 6.28. The van der Waals surface area contributed by atoms with Crippen LogP contribution in [0.2, 0.25) is 0 Å². The minimum atomic E-state index is -0.647. The Bertz CT molecular complexity index is 268. The summed E-state index contributed by atoms with van der Waals surface area (Å²) in [6.45, 7) is 9.62. The number of aromatic nitrogens is 2. The van der Waals surface area contributed by atoms with Crippen molar-refractivity contribution in [2.24, 2.45) is 0 Å². The van der Waals surface area contributed by atoms with E-state index in [9.17, 15) is 0 Å². The van der Waals surface area contributed by atoms with Crippen LogP contribution in [0.15, 0.2) is 4.42 Å². The molecule has 0 spiro atoms. The first-order valence-electron chi connectivity index (χ1n) is 6.28. The molecule has 1 aromatic heterocycles. The van der Waals surface area contributed by atoms with Crippen molar-refractivity contribution in [3.05, 3.63) is 11.8 Å². The third-order valence-corrected chi connectivity index (χ3v) is 2.27. The molecule has 1 aliphatic carbocycles. The van der Waals surface area contributed by atoms with Crippen molar-refractivity contribution in [3.63, 3.8) is 0 Å². The molecule has 0 aromatic carbocycles. The van der Waals surface area contributed by atoms with Gasteiger partial charge in [-0.25, -0.2) is 0 Å². The van der Waals surface area contributed by atoms with Gasteiger partial charge in [0.15, 0.2) is 0 Å². The van der Waals surface area contributed by atoms with E-state index in [1.807, 2.05) is 27.7 Å². The Morgan fingerprint density at radius 3 is 2.06 bits per heavy atom. The summed E-state index contributed by atoms with van der Waals surface area (Å²) in [5, 5.41) is 16.7. The Hall–Kier alpha value is -0.900. The molecule has 4 nitrogen and oxygen atoms in total. The van der Waals surface area contributed by atoms with Gasteiger partial charge >= 0.3 is 0 Å². The lowest BCUT2D eigenvalue weighted by Gasteiger charge is -2.20. The fourth-order valence-corrected chi connectivity index (χ4v) is 1.24. The molecule has 1 saturated carbocycles. The van der Waals surface area contributed by atoms with Gasteiger partial charge < -0.3 is 9.52 Å². The van der Waals surface area contributed by atoms with Gasteiger partial charge in [0.25, 0.3) is 0 Å². The van der Waals surface area contributed by atoms with E-state index in [4.69, 9.17) is 9.52 Å². The number of aliphatic hydroxyl groups excluding tert-OH is 1. The maximum Gasteiger partial charge on any atom is 0.244 e. The lowest BCUT2D eigenvalue weighted by Crippen LogP contribution is -2.08. The normalized spacial score (nSPS) is 16.1. The zero-order valence-corrected chi connectivity index (χ0v) is 11.0. The summed E-state index contributed by atoms with van der Waals surface area (Å²) in [7, 11) is 0. The van der Waals surface area contributed by atoms with E-state index in [1.165, 1.54) is 6.42 Å². The molecule has 1 aromatic rings. The minimum Gasteiger partial charge on any atom is -0.422 e. The van der Waals surface area contributed by atoms with Crippen molar-refractivity contribution in [1.29, 1.82) is 0 Å². The third-order valence-electron chi connectivity index (χ3n) is 2.27. The molecule has 0 saturated heterocycles. The molecular weight excluding hydrogens is 204 g/mol. The van der Waals surface area contributed by atoms with Crippen LogP contribution in [0, 0.1) is 0 Å². The first-order chi connectivity index (χ1) is 7.77. The zero-order chi connectivity index (χ0) is 12.6. The molecule has 16 heavy (non-hydrogen) atoms. The van der Waals surface area contributed by atoms with Gasteiger partial charge in [-0.05, 0) is 19.8 Å². The Labute approximate surface area is 98.1 Å². The summed E-state index contributed by atoms with van der Waals surface area (Å²) in [6, 6.07) is 0. The van der Waals surface area contributed by atoms with Crippen molar-refractivity contribution in [2.45, 2.75) is 65.9 Å². The summed E-state index contributed by atoms with van der Waals surface area (Å²) >= 11 is 0. The van der Waals surface area contributed by atoms with Crippen LogP contribution in [0.5, 0.6) is 0 Å². The SMILES string of the molecule is CC.CC.CC(O)c1nnc(C2CCC2)o1. The van der Waals surface area contributed by atoms with Crippen LogP contribution in [-0.2, 0) is 0 Å². The highest BCUT2D eigenvalue weighted by atomic mass is 16.4. The largest absolute Gasteiger partial charge is 0.422 e. The van der Waals surface area contributed by atoms with Gasteiger partial charge in [-0.15, -0.1) is 10.2 Å². The Balaban J connectivity index is 0.000000509. The highest BCUT2D eigenvalue weighted by Gasteiger charge is 2.25. The van der Waals surface area contributed by atoms with Crippen LogP contribution in [-0.4, -0.2) is 15.3 Å². The molecule has 2 rings (SSSR count). The average Bonchev–Trinajstić information content (AvgIpc) is 2.71. The van der Waals surface area contributed by atoms with Crippen LogP contribution < -0.4 is 0 Å². The molecule has 1 fully saturated rings. The Morgan fingerprint density at radius 1 is 1.19 bits per heavy atom. The van der Waals surface area contributed by atoms with Crippen molar-refractivity contribution in [2.75, 3.05) is 0 Å². The fourth-order valence-electron chi connectivity index (χ4n) is 1.24. The minimum absolute atomic E-state index is 0.330. The van der Waals surface area contributed by atoms with E-state index < -0.39 is 6.10 Å². The number of aliphatic hydroxyl groups is 1. The molecule has 1 unspecified atom stereocenters. The highest BCUT2D eigenvalue weighted by molar-refractivity contribution is 4.96. The second-order valence-electron chi connectivity index (χ2n) is 3.28. The van der Waals surface area contributed by atoms with Crippen molar-refractivity contribution < 1.29 is 9.52 Å². The standard InChI is InChI=1S/C8H12N2O2.2C2H6/c1-5(11)7-9-10-8(12-7)6-3-2-4-6;2*1-2/h5-6,11H,2-4H2,1H3;2*1-2H3. The third kappa shape index (κ3) is 3.93.